The second-order valence-electron chi connectivity index (χ2n) is 12.2. The van der Waals surface area contributed by atoms with Crippen LogP contribution in [0.1, 0.15) is 70.5 Å². The predicted molar refractivity (Wildman–Crippen MR) is 180 cm³/mol. The molecule has 1 saturated heterocycles. The third-order valence-corrected chi connectivity index (χ3v) is 9.14. The van der Waals surface area contributed by atoms with Crippen molar-refractivity contribution in [3.8, 4) is 0 Å². The van der Waals surface area contributed by atoms with E-state index in [2.05, 4.69) is 78.6 Å². The fourth-order valence-electron chi connectivity index (χ4n) is 6.07. The summed E-state index contributed by atoms with van der Waals surface area (Å²) in [6, 6.07) is 34.8. The highest BCUT2D eigenvalue weighted by molar-refractivity contribution is 5.93. The van der Waals surface area contributed by atoms with Gasteiger partial charge in [-0.15, -0.1) is 0 Å². The molecule has 5 aromatic rings. The third-order valence-electron chi connectivity index (χ3n) is 9.14. The lowest BCUT2D eigenvalue weighted by Crippen LogP contribution is -2.44. The van der Waals surface area contributed by atoms with Gasteiger partial charge in [-0.1, -0.05) is 91.9 Å². The van der Waals surface area contributed by atoms with Crippen LogP contribution in [0.4, 0.5) is 0 Å². The minimum absolute atomic E-state index is 0.00220. The summed E-state index contributed by atoms with van der Waals surface area (Å²) < 4.78 is 13.4. The molecule has 7 nitrogen and oxygen atoms in total. The Morgan fingerprint density at radius 2 is 1.61 bits per heavy atom. The maximum atomic E-state index is 12.5. The van der Waals surface area contributed by atoms with E-state index in [9.17, 15) is 9.90 Å². The molecule has 236 valence electrons. The van der Waals surface area contributed by atoms with Gasteiger partial charge < -0.3 is 19.9 Å². The molecule has 0 aliphatic carbocycles. The molecule has 4 aromatic carbocycles. The first kappa shape index (κ1) is 31.6. The molecule has 1 amide bonds. The summed E-state index contributed by atoms with van der Waals surface area (Å²) in [6.45, 7) is 5.55. The Balaban J connectivity index is 1.19. The molecule has 1 aliphatic rings. The number of hydrogen-bond acceptors (Lipinski definition) is 6. The molecule has 7 heteroatoms. The average Bonchev–Trinajstić information content (AvgIpc) is 3.11. The van der Waals surface area contributed by atoms with Gasteiger partial charge in [0.1, 0.15) is 0 Å². The minimum Gasteiger partial charge on any atom is -0.392 e. The highest BCUT2D eigenvalue weighted by Gasteiger charge is 2.39. The molecule has 0 radical (unpaired) electrons. The lowest BCUT2D eigenvalue weighted by Gasteiger charge is -2.43. The van der Waals surface area contributed by atoms with Crippen LogP contribution in [0.2, 0.25) is 0 Å². The van der Waals surface area contributed by atoms with Crippen LogP contribution in [0.15, 0.2) is 116 Å². The summed E-state index contributed by atoms with van der Waals surface area (Å²) in [6.07, 6.45) is 2.34. The number of likely N-dealkylation sites (N-methyl/N-ethyl adjacent to an activating group) is 1. The first-order valence-corrected chi connectivity index (χ1v) is 15.9. The van der Waals surface area contributed by atoms with Crippen LogP contribution in [-0.4, -0.2) is 40.6 Å². The number of fused-ring (bicyclic) bond motifs is 1. The second-order valence-corrected chi connectivity index (χ2v) is 12.2. The van der Waals surface area contributed by atoms with E-state index in [0.29, 0.717) is 12.1 Å². The van der Waals surface area contributed by atoms with Crippen LogP contribution >= 0.6 is 0 Å². The van der Waals surface area contributed by atoms with E-state index in [1.54, 1.807) is 24.5 Å². The van der Waals surface area contributed by atoms with Crippen molar-refractivity contribution in [3.63, 3.8) is 0 Å². The maximum absolute atomic E-state index is 12.5. The standard InChI is InChI=1S/C39H41N3O4/c1-26-36(24-42(3)27(2)33-19-18-30-7-4-5-8-34(30)21-33)45-39(46-37(26)31-14-12-29(25-43)13-15-31)32-16-10-28(11-17-32)22-41-38(44)35-9-6-20-40-23-35/h4-21,23,26-27,36-37,39,43H,22,24-25H2,1-3H3,(H,41,44)/t26-,27-,36+,37+,39+/m1/s1. The molecule has 6 rings (SSSR count). The van der Waals surface area contributed by atoms with E-state index in [-0.39, 0.29) is 36.7 Å². The molecular weight excluding hydrogens is 574 g/mol. The monoisotopic (exact) mass is 615 g/mol. The van der Waals surface area contributed by atoms with E-state index in [1.807, 2.05) is 48.5 Å². The molecule has 1 fully saturated rings. The molecule has 46 heavy (non-hydrogen) atoms. The maximum Gasteiger partial charge on any atom is 0.253 e. The van der Waals surface area contributed by atoms with Gasteiger partial charge in [0.15, 0.2) is 6.29 Å². The van der Waals surface area contributed by atoms with Gasteiger partial charge in [0.2, 0.25) is 0 Å². The van der Waals surface area contributed by atoms with Crippen molar-refractivity contribution in [2.75, 3.05) is 13.6 Å². The van der Waals surface area contributed by atoms with Gasteiger partial charge in [-0.3, -0.25) is 14.7 Å². The average molecular weight is 616 g/mol. The fraction of sp³-hybridized carbons (Fsp3) is 0.282. The number of aliphatic hydroxyl groups is 1. The Morgan fingerprint density at radius 1 is 0.891 bits per heavy atom. The van der Waals surface area contributed by atoms with E-state index >= 15 is 0 Å². The van der Waals surface area contributed by atoms with Crippen LogP contribution in [0.3, 0.4) is 0 Å². The van der Waals surface area contributed by atoms with Gasteiger partial charge in [0.05, 0.1) is 24.4 Å². The van der Waals surface area contributed by atoms with Crippen LogP contribution in [-0.2, 0) is 22.6 Å². The first-order chi connectivity index (χ1) is 22.4. The van der Waals surface area contributed by atoms with Crippen molar-refractivity contribution >= 4 is 16.7 Å². The smallest absolute Gasteiger partial charge is 0.253 e. The molecule has 2 N–H and O–H groups in total. The zero-order valence-corrected chi connectivity index (χ0v) is 26.5. The number of carbonyl (C=O) groups is 1. The van der Waals surface area contributed by atoms with Crippen molar-refractivity contribution < 1.29 is 19.4 Å². The number of nitrogens with one attached hydrogen (secondary N) is 1. The van der Waals surface area contributed by atoms with E-state index < -0.39 is 6.29 Å². The van der Waals surface area contributed by atoms with Crippen molar-refractivity contribution in [1.29, 1.82) is 0 Å². The molecule has 0 unspecified atom stereocenters. The quantitative estimate of drug-likeness (QED) is 0.174. The molecule has 5 atom stereocenters. The first-order valence-electron chi connectivity index (χ1n) is 15.9. The molecule has 0 bridgehead atoms. The minimum atomic E-state index is -0.563. The SMILES string of the molecule is C[C@@H]1[C@H](CN(C)[C@H](C)c2ccc3ccccc3c2)O[C@H](c2ccc(CNC(=O)c3cccnc3)cc2)O[C@@H]1c1ccc(CO)cc1. The Hall–Kier alpha value is -4.40. The van der Waals surface area contributed by atoms with E-state index in [0.717, 1.165) is 28.8 Å². The Kier molecular flexibility index (Phi) is 9.85. The van der Waals surface area contributed by atoms with Crippen LogP contribution in [0.25, 0.3) is 10.8 Å². The van der Waals surface area contributed by atoms with Gasteiger partial charge in [-0.05, 0) is 65.2 Å². The summed E-state index contributed by atoms with van der Waals surface area (Å²) in [5, 5.41) is 15.0. The molecule has 0 saturated carbocycles. The number of aromatic nitrogens is 1. The van der Waals surface area contributed by atoms with Crippen molar-refractivity contribution in [2.24, 2.45) is 5.92 Å². The second kappa shape index (κ2) is 14.4. The van der Waals surface area contributed by atoms with Crippen LogP contribution in [0, 0.1) is 5.92 Å². The number of rotatable bonds is 10. The molecule has 2 heterocycles. The van der Waals surface area contributed by atoms with Gasteiger partial charge in [0.25, 0.3) is 5.91 Å². The number of hydrogen-bond donors (Lipinski definition) is 2. The number of nitrogens with zero attached hydrogens (tertiary/aromatic N) is 2. The number of ether oxygens (including phenoxy) is 2. The van der Waals surface area contributed by atoms with Crippen molar-refractivity contribution in [3.05, 3.63) is 149 Å². The number of carbonyl (C=O) groups excluding carboxylic acids is 1. The summed E-state index contributed by atoms with van der Waals surface area (Å²) in [7, 11) is 2.15. The third kappa shape index (κ3) is 7.19. The number of aliphatic hydroxyl groups excluding tert-OH is 1. The van der Waals surface area contributed by atoms with E-state index in [1.165, 1.54) is 16.3 Å². The van der Waals surface area contributed by atoms with Crippen LogP contribution < -0.4 is 5.32 Å². The van der Waals surface area contributed by atoms with E-state index in [4.69, 9.17) is 9.47 Å². The fourth-order valence-corrected chi connectivity index (χ4v) is 6.07. The Labute approximate surface area is 270 Å². The van der Waals surface area contributed by atoms with Crippen LogP contribution in [0.5, 0.6) is 0 Å². The van der Waals surface area contributed by atoms with Gasteiger partial charge in [0, 0.05) is 43.0 Å². The van der Waals surface area contributed by atoms with Crippen molar-refractivity contribution in [2.45, 2.75) is 51.5 Å². The lowest BCUT2D eigenvalue weighted by molar-refractivity contribution is -0.276. The summed E-state index contributed by atoms with van der Waals surface area (Å²) in [4.78, 5) is 18.9. The van der Waals surface area contributed by atoms with Gasteiger partial charge in [-0.2, -0.15) is 0 Å². The topological polar surface area (TPSA) is 83.9 Å². The molecular formula is C39H41N3O4. The normalized spacial score (nSPS) is 20.5. The van der Waals surface area contributed by atoms with Crippen molar-refractivity contribution in [1.82, 2.24) is 15.2 Å². The summed E-state index contributed by atoms with van der Waals surface area (Å²) in [5.74, 6) is -0.0884. The number of benzene rings is 4. The number of amides is 1. The largest absolute Gasteiger partial charge is 0.392 e. The molecule has 1 aliphatic heterocycles. The molecule has 0 spiro atoms. The van der Waals surface area contributed by atoms with Gasteiger partial charge in [-0.25, -0.2) is 0 Å². The highest BCUT2D eigenvalue weighted by atomic mass is 16.7. The van der Waals surface area contributed by atoms with Gasteiger partial charge >= 0.3 is 0 Å². The predicted octanol–water partition coefficient (Wildman–Crippen LogP) is 7.14. The lowest BCUT2D eigenvalue weighted by atomic mass is 9.89. The summed E-state index contributed by atoms with van der Waals surface area (Å²) in [5.41, 5.74) is 5.61. The zero-order valence-electron chi connectivity index (χ0n) is 26.5. The Morgan fingerprint density at radius 3 is 2.33 bits per heavy atom. The highest BCUT2D eigenvalue weighted by Crippen LogP contribution is 2.42. The number of pyridine rings is 1. The molecule has 1 aromatic heterocycles. The summed E-state index contributed by atoms with van der Waals surface area (Å²) >= 11 is 0. The Bertz CT molecular complexity index is 1740. The zero-order chi connectivity index (χ0) is 32.0.